The number of amides is 4. The third-order valence-electron chi connectivity index (χ3n) is 12.0. The number of rotatable bonds is 10. The Morgan fingerprint density at radius 3 is 1.53 bits per heavy atom. The summed E-state index contributed by atoms with van der Waals surface area (Å²) in [6.45, 7) is 3.42. The third-order valence-corrected chi connectivity index (χ3v) is 12.3. The predicted octanol–water partition coefficient (Wildman–Crippen LogP) is 13.7. The predicted molar refractivity (Wildman–Crippen MR) is 266 cm³/mol. The molecule has 2 aliphatic rings. The van der Waals surface area contributed by atoms with E-state index in [1.165, 1.54) is 42.5 Å². The molecule has 0 aliphatic carbocycles. The molecule has 0 spiro atoms. The minimum absolute atomic E-state index is 0.0667. The van der Waals surface area contributed by atoms with Gasteiger partial charge in [-0.05, 0) is 111 Å². The van der Waals surface area contributed by atoms with Crippen LogP contribution in [0, 0.1) is 0 Å². The number of nitrogens with one attached hydrogen (secondary N) is 2. The summed E-state index contributed by atoms with van der Waals surface area (Å²) in [4.78, 5) is 52.6. The molecule has 4 heterocycles. The van der Waals surface area contributed by atoms with E-state index in [0.29, 0.717) is 61.5 Å². The van der Waals surface area contributed by atoms with Gasteiger partial charge in [-0.25, -0.2) is 19.6 Å². The minimum atomic E-state index is -5.04. The van der Waals surface area contributed by atoms with Crippen LogP contribution in [0.3, 0.4) is 0 Å². The van der Waals surface area contributed by atoms with E-state index in [4.69, 9.17) is 31.0 Å². The number of benzene rings is 6. The molecule has 2 fully saturated rings. The smallest absolute Gasteiger partial charge is 0.417 e. The Morgan fingerprint density at radius 2 is 1.00 bits per heavy atom. The van der Waals surface area contributed by atoms with Gasteiger partial charge in [-0.2, -0.15) is 36.4 Å². The lowest BCUT2D eigenvalue weighted by atomic mass is 10.2. The molecule has 6 aromatic carbocycles. The molecule has 8 aromatic rings. The van der Waals surface area contributed by atoms with Gasteiger partial charge in [0.05, 0.1) is 62.0 Å². The van der Waals surface area contributed by atoms with Crippen LogP contribution in [0.5, 0.6) is 23.0 Å². The molecule has 0 saturated carbocycles. The highest BCUT2D eigenvalue weighted by Gasteiger charge is 2.37. The average molecular weight is 1020 g/mol. The number of nitrogens with zero attached hydrogens (tertiary/aromatic N) is 8. The fourth-order valence-electron chi connectivity index (χ4n) is 8.51. The molecule has 21 heteroatoms. The second kappa shape index (κ2) is 20.0. The van der Waals surface area contributed by atoms with Crippen LogP contribution in [0.2, 0.25) is 5.02 Å². The Kier molecular flexibility index (Phi) is 13.2. The van der Waals surface area contributed by atoms with Gasteiger partial charge in [0, 0.05) is 61.8 Å². The molecule has 4 amide bonds. The van der Waals surface area contributed by atoms with Crippen LogP contribution in [0.4, 0.5) is 70.3 Å². The van der Waals surface area contributed by atoms with E-state index in [2.05, 4.69) is 30.4 Å². The van der Waals surface area contributed by atoms with Crippen LogP contribution in [0.15, 0.2) is 140 Å². The van der Waals surface area contributed by atoms with E-state index in [9.17, 15) is 35.9 Å². The van der Waals surface area contributed by atoms with Crippen LogP contribution in [-0.2, 0) is 12.4 Å². The van der Waals surface area contributed by atoms with Gasteiger partial charge in [-0.15, -0.1) is 0 Å². The quantitative estimate of drug-likeness (QED) is 0.100. The summed E-state index contributed by atoms with van der Waals surface area (Å²) in [6, 6.07) is 25.7. The van der Waals surface area contributed by atoms with E-state index in [1.54, 1.807) is 60.9 Å². The first-order valence-electron chi connectivity index (χ1n) is 23.0. The Labute approximate surface area is 417 Å². The van der Waals surface area contributed by atoms with Crippen molar-refractivity contribution in [3.05, 3.63) is 156 Å². The maximum atomic E-state index is 14.9. The van der Waals surface area contributed by atoms with Gasteiger partial charge in [0.15, 0.2) is 0 Å². The molecule has 2 saturated heterocycles. The van der Waals surface area contributed by atoms with Gasteiger partial charge in [0.25, 0.3) is 0 Å². The van der Waals surface area contributed by atoms with Gasteiger partial charge >= 0.3 is 24.4 Å². The molecule has 0 atom stereocenters. The zero-order chi connectivity index (χ0) is 50.9. The molecule has 0 bridgehead atoms. The van der Waals surface area contributed by atoms with Crippen molar-refractivity contribution in [1.29, 1.82) is 0 Å². The van der Waals surface area contributed by atoms with E-state index in [0.717, 1.165) is 81.9 Å². The molecule has 14 nitrogen and oxygen atoms in total. The molecule has 2 aliphatic heterocycles. The van der Waals surface area contributed by atoms with Gasteiger partial charge < -0.3 is 29.9 Å². The molecular formula is C52H41ClF6N10O4. The Balaban J connectivity index is 1.01. The molecule has 372 valence electrons. The first-order valence-corrected chi connectivity index (χ1v) is 23.3. The van der Waals surface area contributed by atoms with Gasteiger partial charge in [0.2, 0.25) is 0 Å². The number of fused-ring (bicyclic) bond motifs is 2. The lowest BCUT2D eigenvalue weighted by molar-refractivity contribution is -0.138. The number of alkyl halides is 6. The maximum absolute atomic E-state index is 14.9. The highest BCUT2D eigenvalue weighted by molar-refractivity contribution is 6.31. The Morgan fingerprint density at radius 1 is 0.521 bits per heavy atom. The van der Waals surface area contributed by atoms with Crippen molar-refractivity contribution in [3.8, 4) is 23.0 Å². The molecule has 10 rings (SSSR count). The molecular weight excluding hydrogens is 978 g/mol. The number of hydrogen-bond donors (Lipinski definition) is 2. The number of ether oxygens (including phenoxy) is 2. The summed E-state index contributed by atoms with van der Waals surface area (Å²) in [5, 5.41) is 5.58. The monoisotopic (exact) mass is 1020 g/mol. The fraction of sp³-hybridized carbons (Fsp3) is 0.192. The van der Waals surface area contributed by atoms with Crippen LogP contribution in [-0.4, -0.2) is 58.2 Å². The Hall–Kier alpha value is -8.39. The number of urea groups is 2. The first-order chi connectivity index (χ1) is 35.1. The summed E-state index contributed by atoms with van der Waals surface area (Å²) in [5.74, 6) is 2.43. The summed E-state index contributed by atoms with van der Waals surface area (Å²) in [6.07, 6.45) is -2.26. The van der Waals surface area contributed by atoms with Crippen molar-refractivity contribution in [2.75, 3.05) is 56.6 Å². The summed E-state index contributed by atoms with van der Waals surface area (Å²) < 4.78 is 97.9. The van der Waals surface area contributed by atoms with Crippen molar-refractivity contribution in [2.45, 2.75) is 38.0 Å². The number of halogens is 7. The zero-order valence-corrected chi connectivity index (χ0v) is 39.0. The van der Waals surface area contributed by atoms with E-state index < -0.39 is 46.3 Å². The molecule has 73 heavy (non-hydrogen) atoms. The summed E-state index contributed by atoms with van der Waals surface area (Å²) in [7, 11) is 0. The van der Waals surface area contributed by atoms with Gasteiger partial charge in [-0.1, -0.05) is 29.8 Å². The van der Waals surface area contributed by atoms with Crippen molar-refractivity contribution in [3.63, 3.8) is 0 Å². The van der Waals surface area contributed by atoms with Gasteiger partial charge in [-0.3, -0.25) is 9.97 Å². The lowest BCUT2D eigenvalue weighted by Crippen LogP contribution is -2.54. The van der Waals surface area contributed by atoms with Crippen LogP contribution < -0.4 is 39.9 Å². The minimum Gasteiger partial charge on any atom is -0.457 e. The first kappa shape index (κ1) is 48.2. The highest BCUT2D eigenvalue weighted by atomic mass is 35.5. The van der Waals surface area contributed by atoms with Crippen LogP contribution >= 0.6 is 11.6 Å². The summed E-state index contributed by atoms with van der Waals surface area (Å²) >= 11 is 6.07. The molecule has 2 aromatic heterocycles. The van der Waals surface area contributed by atoms with E-state index in [-0.39, 0.29) is 28.6 Å². The van der Waals surface area contributed by atoms with Crippen LogP contribution in [0.25, 0.3) is 22.1 Å². The lowest BCUT2D eigenvalue weighted by Gasteiger charge is -2.35. The zero-order valence-electron chi connectivity index (χ0n) is 38.3. The van der Waals surface area contributed by atoms with E-state index >= 15 is 0 Å². The molecule has 0 unspecified atom stereocenters. The number of carbonyl (C=O) groups excluding carboxylic acids is 2. The standard InChI is InChI=1S/C52H41ClF6N10O4/c53-42-17-14-36(27-41(42)52(57,58)59)69(50(71)63-34-10-6-12-37(25-34)72-39-15-18-43-45(28-39)64-47(30-60-43)66-20-1-2-21-66)68(49(70)62-33-9-5-8-32(24-33)51(54,55)56)35-11-7-13-38(26-35)73-40-16-19-44-46(29-40)65-48(31-61-44)67-22-3-4-23-67/h5-19,24-31H,1-4,20-23H2,(H,62,70)(H,63,71). The van der Waals surface area contributed by atoms with Crippen molar-refractivity contribution >= 4 is 80.1 Å². The third kappa shape index (κ3) is 10.9. The number of hydrogen-bond acceptors (Lipinski definition) is 10. The van der Waals surface area contributed by atoms with Crippen molar-refractivity contribution in [2.24, 2.45) is 0 Å². The maximum Gasteiger partial charge on any atom is 0.417 e. The number of carbonyl (C=O) groups is 2. The fourth-order valence-corrected chi connectivity index (χ4v) is 8.74. The second-order valence-corrected chi connectivity index (χ2v) is 17.5. The molecule has 2 N–H and O–H groups in total. The van der Waals surface area contributed by atoms with E-state index in [1.807, 2.05) is 0 Å². The van der Waals surface area contributed by atoms with Gasteiger partial charge in [0.1, 0.15) is 34.6 Å². The molecule has 0 radical (unpaired) electrons. The topological polar surface area (TPSA) is 141 Å². The number of aromatic nitrogens is 4. The number of hydrazine groups is 1. The largest absolute Gasteiger partial charge is 0.457 e. The normalized spacial score (nSPS) is 13.8. The Bertz CT molecular complexity index is 3370. The average Bonchev–Trinajstić information content (AvgIpc) is 4.12. The van der Waals surface area contributed by atoms with Crippen LogP contribution in [0.1, 0.15) is 36.8 Å². The SMILES string of the molecule is O=C(Nc1cccc(C(F)(F)F)c1)N(c1cccc(Oc2ccc3ncc(N4CCCC4)nc3c2)c1)N(C(=O)Nc1cccc(Oc2ccc3ncc(N4CCCC4)nc3c2)c1)c1ccc(Cl)c(C(F)(F)F)c1. The highest BCUT2D eigenvalue weighted by Crippen LogP contribution is 2.40. The van der Waals surface area contributed by atoms with Crippen molar-refractivity contribution in [1.82, 2.24) is 19.9 Å². The summed E-state index contributed by atoms with van der Waals surface area (Å²) in [5.41, 5.74) is -1.11. The number of anilines is 6. The van der Waals surface area contributed by atoms with Crippen molar-refractivity contribution < 1.29 is 45.4 Å². The second-order valence-electron chi connectivity index (χ2n) is 17.1.